The van der Waals surface area contributed by atoms with Gasteiger partial charge in [-0.05, 0) is 24.3 Å². The summed E-state index contributed by atoms with van der Waals surface area (Å²) >= 11 is 1.50. The van der Waals surface area contributed by atoms with Gasteiger partial charge in [0.1, 0.15) is 0 Å². The highest BCUT2D eigenvalue weighted by molar-refractivity contribution is 8.00. The monoisotopic (exact) mass is 309 g/mol. The minimum Gasteiger partial charge on any atom is -0.308 e. The zero-order valence-electron chi connectivity index (χ0n) is 11.8. The highest BCUT2D eigenvalue weighted by atomic mass is 32.2. The third-order valence-electron chi connectivity index (χ3n) is 2.99. The van der Waals surface area contributed by atoms with Crippen LogP contribution >= 0.6 is 11.8 Å². The predicted molar refractivity (Wildman–Crippen MR) is 89.4 cm³/mol. The number of amides is 1. The van der Waals surface area contributed by atoms with Crippen LogP contribution in [-0.2, 0) is 4.79 Å². The number of aromatic nitrogens is 2. The Morgan fingerprint density at radius 2 is 1.68 bits per heavy atom. The smallest absolute Gasteiger partial charge is 0.235 e. The Morgan fingerprint density at radius 3 is 2.41 bits per heavy atom. The lowest BCUT2D eigenvalue weighted by atomic mass is 10.3. The lowest BCUT2D eigenvalue weighted by Gasteiger charge is -2.03. The van der Waals surface area contributed by atoms with E-state index in [1.165, 1.54) is 11.8 Å². The van der Waals surface area contributed by atoms with Crippen LogP contribution < -0.4 is 5.32 Å². The van der Waals surface area contributed by atoms with Crippen LogP contribution in [-0.4, -0.2) is 21.4 Å². The summed E-state index contributed by atoms with van der Waals surface area (Å²) in [5.41, 5.74) is 0.960. The Bertz CT molecular complexity index is 741. The molecule has 0 aliphatic heterocycles. The van der Waals surface area contributed by atoms with E-state index in [2.05, 4.69) is 10.4 Å². The average molecular weight is 309 g/mol. The first-order valence-corrected chi connectivity index (χ1v) is 7.88. The van der Waals surface area contributed by atoms with Crippen molar-refractivity contribution in [3.63, 3.8) is 0 Å². The highest BCUT2D eigenvalue weighted by Gasteiger charge is 2.06. The topological polar surface area (TPSA) is 46.9 Å². The third kappa shape index (κ3) is 3.77. The minimum absolute atomic E-state index is 0.0628. The molecule has 0 saturated carbocycles. The summed E-state index contributed by atoms with van der Waals surface area (Å²) in [6.45, 7) is 0. The number of thioether (sulfide) groups is 1. The zero-order chi connectivity index (χ0) is 15.2. The van der Waals surface area contributed by atoms with E-state index in [1.54, 1.807) is 10.7 Å². The number of carbonyl (C=O) groups is 1. The maximum atomic E-state index is 12.0. The zero-order valence-corrected chi connectivity index (χ0v) is 12.7. The van der Waals surface area contributed by atoms with Gasteiger partial charge >= 0.3 is 0 Å². The third-order valence-corrected chi connectivity index (χ3v) is 4.00. The second-order valence-corrected chi connectivity index (χ2v) is 5.68. The standard InChI is InChI=1S/C17H15N3OS/c21-17(13-22-15-9-5-2-6-10-15)18-16-11-12-20(19-16)14-7-3-1-4-8-14/h1-12H,13H2,(H,18,19,21). The molecule has 0 radical (unpaired) electrons. The molecular weight excluding hydrogens is 294 g/mol. The molecule has 0 unspecified atom stereocenters. The Morgan fingerprint density at radius 1 is 1.00 bits per heavy atom. The molecule has 0 atom stereocenters. The molecule has 5 heteroatoms. The van der Waals surface area contributed by atoms with E-state index in [1.807, 2.05) is 66.9 Å². The van der Waals surface area contributed by atoms with Gasteiger partial charge in [-0.15, -0.1) is 11.8 Å². The molecule has 22 heavy (non-hydrogen) atoms. The predicted octanol–water partition coefficient (Wildman–Crippen LogP) is 3.60. The van der Waals surface area contributed by atoms with E-state index in [-0.39, 0.29) is 5.91 Å². The van der Waals surface area contributed by atoms with Crippen molar-refractivity contribution >= 4 is 23.5 Å². The van der Waals surface area contributed by atoms with Crippen LogP contribution in [0.1, 0.15) is 0 Å². The quantitative estimate of drug-likeness (QED) is 0.733. The van der Waals surface area contributed by atoms with E-state index >= 15 is 0 Å². The Balaban J connectivity index is 1.57. The average Bonchev–Trinajstić information content (AvgIpc) is 3.03. The lowest BCUT2D eigenvalue weighted by molar-refractivity contribution is -0.113. The van der Waals surface area contributed by atoms with Crippen molar-refractivity contribution in [1.29, 1.82) is 0 Å². The van der Waals surface area contributed by atoms with Crippen molar-refractivity contribution in [2.75, 3.05) is 11.1 Å². The first kappa shape index (κ1) is 14.4. The second-order valence-electron chi connectivity index (χ2n) is 4.63. The van der Waals surface area contributed by atoms with E-state index in [9.17, 15) is 4.79 Å². The molecule has 1 heterocycles. The summed E-state index contributed by atoms with van der Waals surface area (Å²) in [5.74, 6) is 0.858. The van der Waals surface area contributed by atoms with Crippen LogP contribution in [0, 0.1) is 0 Å². The number of hydrogen-bond donors (Lipinski definition) is 1. The van der Waals surface area contributed by atoms with E-state index < -0.39 is 0 Å². The molecule has 0 aliphatic rings. The lowest BCUT2D eigenvalue weighted by Crippen LogP contribution is -2.14. The molecule has 1 N–H and O–H groups in total. The minimum atomic E-state index is -0.0628. The molecule has 1 aromatic heterocycles. The summed E-state index contributed by atoms with van der Waals surface area (Å²) < 4.78 is 1.74. The van der Waals surface area contributed by atoms with Crippen LogP contribution in [0.5, 0.6) is 0 Å². The van der Waals surface area contributed by atoms with Crippen LogP contribution in [0.15, 0.2) is 77.8 Å². The van der Waals surface area contributed by atoms with E-state index in [4.69, 9.17) is 0 Å². The van der Waals surface area contributed by atoms with E-state index in [0.29, 0.717) is 11.6 Å². The number of anilines is 1. The number of rotatable bonds is 5. The molecule has 4 nitrogen and oxygen atoms in total. The van der Waals surface area contributed by atoms with Gasteiger partial charge in [0.15, 0.2) is 5.82 Å². The Kier molecular flexibility index (Phi) is 4.56. The summed E-state index contributed by atoms with van der Waals surface area (Å²) in [4.78, 5) is 13.0. The molecule has 0 aliphatic carbocycles. The second kappa shape index (κ2) is 6.95. The van der Waals surface area contributed by atoms with Crippen LogP contribution in [0.2, 0.25) is 0 Å². The summed E-state index contributed by atoms with van der Waals surface area (Å²) in [7, 11) is 0. The maximum Gasteiger partial charge on any atom is 0.235 e. The molecule has 0 fully saturated rings. The van der Waals surface area contributed by atoms with Crippen molar-refractivity contribution in [2.24, 2.45) is 0 Å². The van der Waals surface area contributed by atoms with Crippen LogP contribution in [0.4, 0.5) is 5.82 Å². The van der Waals surface area contributed by atoms with Gasteiger partial charge in [-0.3, -0.25) is 4.79 Å². The number of para-hydroxylation sites is 1. The Hall–Kier alpha value is -2.53. The van der Waals surface area contributed by atoms with Gasteiger partial charge in [-0.25, -0.2) is 4.68 Å². The van der Waals surface area contributed by atoms with Gasteiger partial charge < -0.3 is 5.32 Å². The number of carbonyl (C=O) groups excluding carboxylic acids is 1. The van der Waals surface area contributed by atoms with Gasteiger partial charge in [-0.1, -0.05) is 36.4 Å². The Labute approximate surface area is 133 Å². The molecule has 3 rings (SSSR count). The van der Waals surface area contributed by atoms with Crippen LogP contribution in [0.25, 0.3) is 5.69 Å². The van der Waals surface area contributed by atoms with Crippen molar-refractivity contribution in [1.82, 2.24) is 9.78 Å². The van der Waals surface area contributed by atoms with Crippen molar-refractivity contribution < 1.29 is 4.79 Å². The van der Waals surface area contributed by atoms with Crippen molar-refractivity contribution in [2.45, 2.75) is 4.90 Å². The number of nitrogens with one attached hydrogen (secondary N) is 1. The largest absolute Gasteiger partial charge is 0.308 e. The molecule has 0 saturated heterocycles. The highest BCUT2D eigenvalue weighted by Crippen LogP contribution is 2.17. The fourth-order valence-electron chi connectivity index (χ4n) is 1.96. The molecular formula is C17H15N3OS. The molecule has 0 spiro atoms. The summed E-state index contributed by atoms with van der Waals surface area (Å²) in [6, 6.07) is 21.4. The first-order valence-electron chi connectivity index (χ1n) is 6.90. The van der Waals surface area contributed by atoms with Gasteiger partial charge in [0.25, 0.3) is 0 Å². The molecule has 1 amide bonds. The fourth-order valence-corrected chi connectivity index (χ4v) is 2.68. The van der Waals surface area contributed by atoms with Gasteiger partial charge in [0.05, 0.1) is 11.4 Å². The molecule has 2 aromatic carbocycles. The number of hydrogen-bond acceptors (Lipinski definition) is 3. The maximum absolute atomic E-state index is 12.0. The van der Waals surface area contributed by atoms with E-state index in [0.717, 1.165) is 10.6 Å². The van der Waals surface area contributed by atoms with Crippen LogP contribution in [0.3, 0.4) is 0 Å². The fraction of sp³-hybridized carbons (Fsp3) is 0.0588. The SMILES string of the molecule is O=C(CSc1ccccc1)Nc1ccn(-c2ccccc2)n1. The van der Waals surface area contributed by atoms with Gasteiger partial charge in [0, 0.05) is 17.2 Å². The summed E-state index contributed by atoms with van der Waals surface area (Å²) in [5, 5.41) is 7.16. The molecule has 0 bridgehead atoms. The molecule has 110 valence electrons. The number of nitrogens with zero attached hydrogens (tertiary/aromatic N) is 2. The first-order chi connectivity index (χ1) is 10.8. The van der Waals surface area contributed by atoms with Gasteiger partial charge in [0.2, 0.25) is 5.91 Å². The summed E-state index contributed by atoms with van der Waals surface area (Å²) in [6.07, 6.45) is 1.83. The van der Waals surface area contributed by atoms with Crippen molar-refractivity contribution in [3.05, 3.63) is 72.9 Å². The number of benzene rings is 2. The molecule has 3 aromatic rings. The van der Waals surface area contributed by atoms with Gasteiger partial charge in [-0.2, -0.15) is 5.10 Å². The normalized spacial score (nSPS) is 10.4. The van der Waals surface area contributed by atoms with Crippen molar-refractivity contribution in [3.8, 4) is 5.69 Å².